The first kappa shape index (κ1) is 35.5. The van der Waals surface area contributed by atoms with Crippen LogP contribution in [-0.2, 0) is 10.1 Å². The van der Waals surface area contributed by atoms with Crippen molar-refractivity contribution in [3.8, 4) is 0 Å². The second-order valence-corrected chi connectivity index (χ2v) is 11.0. The molecular weight excluding hydrogens is 445 g/mol. The van der Waals surface area contributed by atoms with Crippen LogP contribution in [0.5, 0.6) is 0 Å². The first-order valence-corrected chi connectivity index (χ1v) is 15.2. The summed E-state index contributed by atoms with van der Waals surface area (Å²) in [6.07, 6.45) is 28.4. The normalized spacial score (nSPS) is 12.1. The first-order chi connectivity index (χ1) is 15.5. The second-order valence-electron chi connectivity index (χ2n) is 9.38. The first-order valence-electron chi connectivity index (χ1n) is 13.6. The molecule has 0 aromatic heterocycles. The maximum absolute atomic E-state index is 11.5. The quantitative estimate of drug-likeness (QED) is 0.0672. The van der Waals surface area contributed by atoms with Crippen molar-refractivity contribution >= 4 is 16.0 Å². The maximum Gasteiger partial charge on any atom is 1.00 e. The van der Waals surface area contributed by atoms with Crippen LogP contribution in [0.25, 0.3) is 0 Å². The minimum atomic E-state index is -4.02. The fraction of sp³-hybridized carbons (Fsp3) is 0.962. The van der Waals surface area contributed by atoms with Crippen molar-refractivity contribution in [2.75, 3.05) is 12.3 Å². The molecule has 1 N–H and O–H groups in total. The van der Waals surface area contributed by atoms with Gasteiger partial charge in [0, 0.05) is 0 Å². The zero-order chi connectivity index (χ0) is 23.8. The van der Waals surface area contributed by atoms with Crippen molar-refractivity contribution in [3.05, 3.63) is 0 Å². The van der Waals surface area contributed by atoms with E-state index in [2.05, 4.69) is 11.9 Å². The molecule has 0 atom stereocenters. The summed E-state index contributed by atoms with van der Waals surface area (Å²) in [5.74, 6) is -0.732. The predicted molar refractivity (Wildman–Crippen MR) is 136 cm³/mol. The SMILES string of the molecule is CCCCCCCCCCCCCCCCCCCCCCCC([O-])=NCCS(=O)(=O)O.[Na+]. The van der Waals surface area contributed by atoms with Crippen LogP contribution in [0.2, 0.25) is 0 Å². The van der Waals surface area contributed by atoms with Crippen molar-refractivity contribution in [2.24, 2.45) is 4.99 Å². The average molecular weight is 498 g/mol. The van der Waals surface area contributed by atoms with E-state index < -0.39 is 15.9 Å². The molecule has 0 aliphatic rings. The Morgan fingerprint density at radius 3 is 1.24 bits per heavy atom. The summed E-state index contributed by atoms with van der Waals surface area (Å²) < 4.78 is 29.7. The monoisotopic (exact) mass is 497 g/mol. The third kappa shape index (κ3) is 32.4. The van der Waals surface area contributed by atoms with Crippen LogP contribution in [0.4, 0.5) is 0 Å². The molecule has 5 nitrogen and oxygen atoms in total. The molecule has 0 spiro atoms. The minimum Gasteiger partial charge on any atom is -0.862 e. The summed E-state index contributed by atoms with van der Waals surface area (Å²) in [7, 11) is -4.02. The molecule has 0 bridgehead atoms. The molecule has 33 heavy (non-hydrogen) atoms. The van der Waals surface area contributed by atoms with E-state index in [4.69, 9.17) is 4.55 Å². The Morgan fingerprint density at radius 2 is 0.939 bits per heavy atom. The van der Waals surface area contributed by atoms with Crippen LogP contribution in [-0.4, -0.2) is 31.2 Å². The molecular formula is C26H52NNaO4S. The summed E-state index contributed by atoms with van der Waals surface area (Å²) in [6.45, 7) is 2.14. The van der Waals surface area contributed by atoms with Gasteiger partial charge in [0.15, 0.2) is 0 Å². The van der Waals surface area contributed by atoms with Gasteiger partial charge in [0.1, 0.15) is 0 Å². The van der Waals surface area contributed by atoms with Crippen LogP contribution in [0.1, 0.15) is 148 Å². The van der Waals surface area contributed by atoms with Gasteiger partial charge in [-0.3, -0.25) is 4.55 Å². The van der Waals surface area contributed by atoms with E-state index >= 15 is 0 Å². The van der Waals surface area contributed by atoms with Crippen LogP contribution in [0.3, 0.4) is 0 Å². The topological polar surface area (TPSA) is 89.8 Å². The number of unbranched alkanes of at least 4 members (excludes halogenated alkanes) is 20. The molecule has 0 radical (unpaired) electrons. The maximum atomic E-state index is 11.5. The van der Waals surface area contributed by atoms with Gasteiger partial charge in [0.2, 0.25) is 0 Å². The van der Waals surface area contributed by atoms with E-state index in [-0.39, 0.29) is 42.0 Å². The van der Waals surface area contributed by atoms with Crippen molar-refractivity contribution in [1.29, 1.82) is 0 Å². The molecule has 0 saturated carbocycles. The summed E-state index contributed by atoms with van der Waals surface area (Å²) >= 11 is 0. The third-order valence-electron chi connectivity index (χ3n) is 6.13. The molecule has 192 valence electrons. The molecule has 7 heteroatoms. The van der Waals surface area contributed by atoms with Gasteiger partial charge in [-0.1, -0.05) is 135 Å². The molecule has 0 saturated heterocycles. The summed E-state index contributed by atoms with van der Waals surface area (Å²) in [5.41, 5.74) is 0. The Balaban J connectivity index is 0. The molecule has 0 rings (SSSR count). The van der Waals surface area contributed by atoms with Crippen molar-refractivity contribution in [2.45, 2.75) is 148 Å². The Bertz CT molecular complexity index is 526. The Labute approximate surface area is 228 Å². The predicted octanol–water partition coefficient (Wildman–Crippen LogP) is 4.24. The van der Waals surface area contributed by atoms with E-state index in [9.17, 15) is 13.5 Å². The van der Waals surface area contributed by atoms with Crippen LogP contribution in [0.15, 0.2) is 4.99 Å². The van der Waals surface area contributed by atoms with Gasteiger partial charge < -0.3 is 10.1 Å². The number of nitrogens with zero attached hydrogens (tertiary/aromatic N) is 1. The van der Waals surface area contributed by atoms with E-state index in [1.807, 2.05) is 0 Å². The fourth-order valence-corrected chi connectivity index (χ4v) is 4.39. The molecule has 0 aromatic carbocycles. The summed E-state index contributed by atoms with van der Waals surface area (Å²) in [6, 6.07) is 0. The minimum absolute atomic E-state index is 0. The van der Waals surface area contributed by atoms with Gasteiger partial charge in [-0.2, -0.15) is 8.42 Å². The Hall–Kier alpha value is 0.380. The molecule has 0 aliphatic heterocycles. The second kappa shape index (κ2) is 27.0. The largest absolute Gasteiger partial charge is 1.00 e. The molecule has 0 heterocycles. The van der Waals surface area contributed by atoms with Crippen molar-refractivity contribution in [1.82, 2.24) is 0 Å². The number of aliphatic imine (C=N–C) groups is 1. The summed E-state index contributed by atoms with van der Waals surface area (Å²) in [5, 5.41) is 11.5. The summed E-state index contributed by atoms with van der Waals surface area (Å²) in [4.78, 5) is 3.65. The molecule has 0 unspecified atom stereocenters. The molecule has 0 fully saturated rings. The Morgan fingerprint density at radius 1 is 0.636 bits per heavy atom. The zero-order valence-electron chi connectivity index (χ0n) is 22.0. The average Bonchev–Trinajstić information content (AvgIpc) is 2.74. The number of rotatable bonds is 25. The van der Waals surface area contributed by atoms with Gasteiger partial charge in [-0.15, -0.1) is 0 Å². The van der Waals surface area contributed by atoms with Gasteiger partial charge in [0.05, 0.1) is 12.3 Å². The molecule has 0 aliphatic carbocycles. The molecule has 0 aromatic rings. The van der Waals surface area contributed by atoms with Gasteiger partial charge >= 0.3 is 29.6 Å². The van der Waals surface area contributed by atoms with Gasteiger partial charge in [0.25, 0.3) is 10.1 Å². The van der Waals surface area contributed by atoms with Crippen molar-refractivity contribution in [3.63, 3.8) is 0 Å². The number of hydrogen-bond donors (Lipinski definition) is 1. The van der Waals surface area contributed by atoms with Gasteiger partial charge in [-0.05, 0) is 18.7 Å². The van der Waals surface area contributed by atoms with E-state index in [0.29, 0.717) is 6.42 Å². The van der Waals surface area contributed by atoms with Crippen LogP contribution >= 0.6 is 0 Å². The third-order valence-corrected chi connectivity index (χ3v) is 6.83. The Kier molecular flexibility index (Phi) is 29.1. The smallest absolute Gasteiger partial charge is 0.862 e. The van der Waals surface area contributed by atoms with E-state index in [1.165, 1.54) is 116 Å². The standard InChI is InChI=1S/C26H53NO4S.Na/c1-2-3-4-5-6-7-8-9-10-11-12-13-14-15-16-17-18-19-20-21-22-23-26(28)27-24-25-32(29,30)31;/h2-25H2,1H3,(H,27,28)(H,29,30,31);/q;+1/p-1. The van der Waals surface area contributed by atoms with Crippen LogP contribution in [0, 0.1) is 0 Å². The van der Waals surface area contributed by atoms with E-state index in [1.54, 1.807) is 0 Å². The molecule has 0 amide bonds. The van der Waals surface area contributed by atoms with Crippen molar-refractivity contribution < 1.29 is 47.6 Å². The van der Waals surface area contributed by atoms with E-state index in [0.717, 1.165) is 19.3 Å². The zero-order valence-corrected chi connectivity index (χ0v) is 24.8. The fourth-order valence-electron chi connectivity index (χ4n) is 4.07. The van der Waals surface area contributed by atoms with Gasteiger partial charge in [-0.25, -0.2) is 0 Å². The number of hydrogen-bond acceptors (Lipinski definition) is 4. The van der Waals surface area contributed by atoms with Crippen LogP contribution < -0.4 is 34.7 Å².